The highest BCUT2D eigenvalue weighted by atomic mass is 35.5. The number of benzene rings is 1. The third-order valence-electron chi connectivity index (χ3n) is 4.37. The summed E-state index contributed by atoms with van der Waals surface area (Å²) in [6.07, 6.45) is 0. The van der Waals surface area contributed by atoms with E-state index in [2.05, 4.69) is 22.4 Å². The van der Waals surface area contributed by atoms with Gasteiger partial charge in [-0.15, -0.1) is 35.1 Å². The summed E-state index contributed by atoms with van der Waals surface area (Å²) in [4.78, 5) is 17.9. The molecule has 2 aromatic heterocycles. The van der Waals surface area contributed by atoms with Crippen molar-refractivity contribution in [1.29, 1.82) is 0 Å². The first kappa shape index (κ1) is 18.2. The van der Waals surface area contributed by atoms with Crippen LogP contribution in [0.25, 0.3) is 9.40 Å². The van der Waals surface area contributed by atoms with Crippen LogP contribution in [-0.4, -0.2) is 41.9 Å². The summed E-state index contributed by atoms with van der Waals surface area (Å²) in [5, 5.41) is 2.07. The number of nitrogens with two attached hydrogens (primary N) is 1. The number of fused-ring (bicyclic) bond motifs is 1. The maximum absolute atomic E-state index is 12.7. The smallest absolute Gasteiger partial charge is 0.264 e. The van der Waals surface area contributed by atoms with Gasteiger partial charge in [-0.05, 0) is 35.2 Å². The van der Waals surface area contributed by atoms with E-state index < -0.39 is 0 Å². The first-order valence-corrected chi connectivity index (χ1v) is 9.72. The van der Waals surface area contributed by atoms with E-state index in [1.54, 1.807) is 22.7 Å². The number of halogens is 1. The monoisotopic (exact) mass is 393 g/mol. The maximum Gasteiger partial charge on any atom is 0.264 e. The Labute approximate surface area is 161 Å². The molecular formula is C18H20ClN3OS2. The van der Waals surface area contributed by atoms with E-state index in [9.17, 15) is 4.79 Å². The number of hydrogen-bond acceptors (Lipinski definition) is 5. The van der Waals surface area contributed by atoms with Crippen molar-refractivity contribution in [2.24, 2.45) is 0 Å². The minimum absolute atomic E-state index is 0. The molecule has 2 N–H and O–H groups in total. The molecule has 1 fully saturated rings. The van der Waals surface area contributed by atoms with Crippen LogP contribution < -0.4 is 5.73 Å². The molecular weight excluding hydrogens is 374 g/mol. The Morgan fingerprint density at radius 1 is 1.08 bits per heavy atom. The predicted molar refractivity (Wildman–Crippen MR) is 109 cm³/mol. The Morgan fingerprint density at radius 2 is 1.88 bits per heavy atom. The van der Waals surface area contributed by atoms with Crippen molar-refractivity contribution in [3.05, 3.63) is 52.2 Å². The largest absolute Gasteiger partial charge is 0.399 e. The second-order valence-electron chi connectivity index (χ2n) is 6.07. The molecule has 3 aromatic rings. The van der Waals surface area contributed by atoms with E-state index in [0.717, 1.165) is 43.3 Å². The molecule has 1 amide bonds. The molecule has 0 saturated carbocycles. The molecule has 4 nitrogen and oxygen atoms in total. The average Bonchev–Trinajstić information content (AvgIpc) is 3.16. The van der Waals surface area contributed by atoms with Crippen LogP contribution in [0, 0.1) is 0 Å². The lowest BCUT2D eigenvalue weighted by atomic mass is 10.1. The maximum atomic E-state index is 12.7. The lowest BCUT2D eigenvalue weighted by molar-refractivity contribution is 0.0633. The number of carbonyl (C=O) groups is 1. The van der Waals surface area contributed by atoms with Gasteiger partial charge in [-0.3, -0.25) is 9.69 Å². The van der Waals surface area contributed by atoms with Gasteiger partial charge in [0.2, 0.25) is 0 Å². The van der Waals surface area contributed by atoms with Crippen LogP contribution >= 0.6 is 35.1 Å². The van der Waals surface area contributed by atoms with E-state index in [-0.39, 0.29) is 18.3 Å². The number of nitrogens with zero attached hydrogens (tertiary/aromatic N) is 2. The van der Waals surface area contributed by atoms with Gasteiger partial charge in [0, 0.05) is 47.8 Å². The predicted octanol–water partition coefficient (Wildman–Crippen LogP) is 3.92. The van der Waals surface area contributed by atoms with E-state index in [1.807, 2.05) is 29.2 Å². The van der Waals surface area contributed by atoms with Gasteiger partial charge in [0.15, 0.2) is 0 Å². The molecule has 1 aliphatic rings. The molecule has 1 saturated heterocycles. The molecule has 1 aliphatic heterocycles. The van der Waals surface area contributed by atoms with Gasteiger partial charge >= 0.3 is 0 Å². The highest BCUT2D eigenvalue weighted by Gasteiger charge is 2.23. The van der Waals surface area contributed by atoms with E-state index >= 15 is 0 Å². The molecule has 4 rings (SSSR count). The van der Waals surface area contributed by atoms with Crippen molar-refractivity contribution in [2.45, 2.75) is 6.54 Å². The Balaban J connectivity index is 0.00000182. The number of nitrogen functional groups attached to an aromatic ring is 1. The molecule has 0 unspecified atom stereocenters. The fraction of sp³-hybridized carbons (Fsp3) is 0.278. The van der Waals surface area contributed by atoms with Crippen molar-refractivity contribution >= 4 is 56.1 Å². The summed E-state index contributed by atoms with van der Waals surface area (Å²) < 4.78 is 2.42. The Kier molecular flexibility index (Phi) is 5.64. The highest BCUT2D eigenvalue weighted by molar-refractivity contribution is 7.27. The molecule has 0 atom stereocenters. The summed E-state index contributed by atoms with van der Waals surface area (Å²) in [5.74, 6) is 0.173. The Morgan fingerprint density at radius 3 is 2.60 bits per heavy atom. The van der Waals surface area contributed by atoms with Crippen molar-refractivity contribution in [2.75, 3.05) is 31.9 Å². The van der Waals surface area contributed by atoms with Gasteiger partial charge in [-0.2, -0.15) is 0 Å². The summed E-state index contributed by atoms with van der Waals surface area (Å²) in [5.41, 5.74) is 7.88. The molecule has 25 heavy (non-hydrogen) atoms. The van der Waals surface area contributed by atoms with Crippen LogP contribution in [0.3, 0.4) is 0 Å². The van der Waals surface area contributed by atoms with Gasteiger partial charge in [0.1, 0.15) is 0 Å². The molecule has 0 spiro atoms. The van der Waals surface area contributed by atoms with Crippen LogP contribution in [0.5, 0.6) is 0 Å². The molecule has 0 radical (unpaired) electrons. The normalized spacial score (nSPS) is 15.3. The van der Waals surface area contributed by atoms with Crippen LogP contribution in [0.1, 0.15) is 15.2 Å². The van der Waals surface area contributed by atoms with Crippen molar-refractivity contribution < 1.29 is 4.79 Å². The van der Waals surface area contributed by atoms with Crippen molar-refractivity contribution in [3.8, 4) is 0 Å². The second-order valence-corrected chi connectivity index (χ2v) is 8.10. The first-order valence-electron chi connectivity index (χ1n) is 8.02. The topological polar surface area (TPSA) is 49.6 Å². The van der Waals surface area contributed by atoms with Crippen LogP contribution in [-0.2, 0) is 6.54 Å². The summed E-state index contributed by atoms with van der Waals surface area (Å²) >= 11 is 3.30. The average molecular weight is 394 g/mol. The van der Waals surface area contributed by atoms with Crippen molar-refractivity contribution in [3.63, 3.8) is 0 Å². The first-order chi connectivity index (χ1) is 11.7. The van der Waals surface area contributed by atoms with Crippen LogP contribution in [0.4, 0.5) is 5.69 Å². The third-order valence-corrected chi connectivity index (χ3v) is 6.45. The summed E-state index contributed by atoms with van der Waals surface area (Å²) in [7, 11) is 0. The zero-order valence-corrected chi connectivity index (χ0v) is 16.1. The van der Waals surface area contributed by atoms with Crippen LogP contribution in [0.2, 0.25) is 0 Å². The standard InChI is InChI=1S/C18H19N3OS2.ClH/c19-14-3-1-2-13(10-14)12-20-5-7-21(8-6-20)18(22)17-11-16-15(24-17)4-9-23-16;/h1-4,9-11H,5-8,12,19H2;1H. The van der Waals surface area contributed by atoms with E-state index in [4.69, 9.17) is 5.73 Å². The number of thiophene rings is 2. The third kappa shape index (κ3) is 3.98. The fourth-order valence-corrected chi connectivity index (χ4v) is 5.16. The summed E-state index contributed by atoms with van der Waals surface area (Å²) in [6, 6.07) is 12.2. The zero-order valence-electron chi connectivity index (χ0n) is 13.7. The Hall–Kier alpha value is -1.60. The lowest BCUT2D eigenvalue weighted by Crippen LogP contribution is -2.48. The molecule has 0 bridgehead atoms. The SMILES string of the molecule is Cl.Nc1cccc(CN2CCN(C(=O)c3cc4sccc4s3)CC2)c1. The summed E-state index contributed by atoms with van der Waals surface area (Å²) in [6.45, 7) is 4.27. The lowest BCUT2D eigenvalue weighted by Gasteiger charge is -2.34. The molecule has 1 aromatic carbocycles. The van der Waals surface area contributed by atoms with Gasteiger partial charge in [-0.1, -0.05) is 12.1 Å². The molecule has 132 valence electrons. The number of carbonyl (C=O) groups excluding carboxylic acids is 1. The highest BCUT2D eigenvalue weighted by Crippen LogP contribution is 2.30. The van der Waals surface area contributed by atoms with Crippen molar-refractivity contribution in [1.82, 2.24) is 9.80 Å². The number of piperazine rings is 1. The minimum atomic E-state index is 0. The van der Waals surface area contributed by atoms with E-state index in [0.29, 0.717) is 0 Å². The van der Waals surface area contributed by atoms with Crippen LogP contribution in [0.15, 0.2) is 41.8 Å². The Bertz CT molecular complexity index is 839. The van der Waals surface area contributed by atoms with Gasteiger partial charge < -0.3 is 10.6 Å². The quantitative estimate of drug-likeness (QED) is 0.686. The molecule has 3 heterocycles. The zero-order chi connectivity index (χ0) is 16.5. The van der Waals surface area contributed by atoms with Gasteiger partial charge in [-0.25, -0.2) is 0 Å². The number of anilines is 1. The van der Waals surface area contributed by atoms with Gasteiger partial charge in [0.05, 0.1) is 4.88 Å². The number of rotatable bonds is 3. The molecule has 0 aliphatic carbocycles. The van der Waals surface area contributed by atoms with Gasteiger partial charge in [0.25, 0.3) is 5.91 Å². The minimum Gasteiger partial charge on any atom is -0.399 e. The number of amides is 1. The fourth-order valence-electron chi connectivity index (χ4n) is 3.09. The van der Waals surface area contributed by atoms with E-state index in [1.165, 1.54) is 15.0 Å². The molecule has 7 heteroatoms. The number of hydrogen-bond donors (Lipinski definition) is 1. The second kappa shape index (κ2) is 7.74.